The van der Waals surface area contributed by atoms with Crippen LogP contribution in [0.1, 0.15) is 5.69 Å². The Labute approximate surface area is 71.0 Å². The minimum Gasteiger partial charge on any atom is -0.350 e. The van der Waals surface area contributed by atoms with Crippen molar-refractivity contribution in [3.63, 3.8) is 0 Å². The number of hydrogen-bond acceptors (Lipinski definition) is 1. The fraction of sp³-hybridized carbons (Fsp3) is 0.125. The summed E-state index contributed by atoms with van der Waals surface area (Å²) in [5.41, 5.74) is 2.28. The highest BCUT2D eigenvalue weighted by molar-refractivity contribution is 6.38. The largest absolute Gasteiger partial charge is 0.350 e. The molecule has 0 aromatic carbocycles. The Morgan fingerprint density at radius 1 is 1.58 bits per heavy atom. The van der Waals surface area contributed by atoms with Gasteiger partial charge in [-0.05, 0) is 19.1 Å². The number of fused-ring (bicyclic) bond motifs is 1. The molecule has 58 valence electrons. The molecule has 0 aliphatic heterocycles. The van der Waals surface area contributed by atoms with Crippen LogP contribution in [-0.4, -0.2) is 18.0 Å². The van der Waals surface area contributed by atoms with E-state index in [1.54, 1.807) is 6.07 Å². The van der Waals surface area contributed by atoms with Crippen LogP contribution in [0, 0.1) is 6.92 Å². The number of rotatable bonds is 0. The van der Waals surface area contributed by atoms with E-state index in [2.05, 4.69) is 4.98 Å². The number of pyridine rings is 1. The minimum atomic E-state index is 0.632. The summed E-state index contributed by atoms with van der Waals surface area (Å²) in [6.07, 6.45) is 1.51. The average Bonchev–Trinajstić information content (AvgIpc) is 2.41. The highest BCUT2D eigenvalue weighted by Crippen LogP contribution is 2.06. The van der Waals surface area contributed by atoms with Crippen molar-refractivity contribution in [3.8, 4) is 0 Å². The van der Waals surface area contributed by atoms with Crippen molar-refractivity contribution in [1.82, 2.24) is 4.98 Å². The van der Waals surface area contributed by atoms with Gasteiger partial charge in [-0.3, -0.25) is 0 Å². The molecule has 0 spiro atoms. The molecule has 0 bridgehead atoms. The summed E-state index contributed by atoms with van der Waals surface area (Å²) in [7, 11) is 5.69. The third kappa shape index (κ3) is 0.880. The van der Waals surface area contributed by atoms with Crippen LogP contribution in [0.4, 0.5) is 0 Å². The zero-order chi connectivity index (χ0) is 8.72. The molecule has 2 aromatic heterocycles. The normalized spacial score (nSPS) is 10.8. The first-order chi connectivity index (χ1) is 5.68. The molecule has 0 aliphatic rings. The smallest absolute Gasteiger partial charge is 0.325 e. The van der Waals surface area contributed by atoms with Crippen LogP contribution in [0.15, 0.2) is 18.3 Å². The topological polar surface area (TPSA) is 39.9 Å². The van der Waals surface area contributed by atoms with Gasteiger partial charge in [0.15, 0.2) is 0 Å². The van der Waals surface area contributed by atoms with Gasteiger partial charge in [0.25, 0.3) is 0 Å². The molecule has 0 atom stereocenters. The number of aromatic nitrogens is 2. The molecule has 4 heteroatoms. The summed E-state index contributed by atoms with van der Waals surface area (Å²) in [6, 6.07) is 3.56. The first kappa shape index (κ1) is 7.22. The zero-order valence-electron chi connectivity index (χ0n) is 6.70. The molecule has 3 nitrogen and oxygen atoms in total. The van der Waals surface area contributed by atoms with Crippen molar-refractivity contribution in [1.29, 1.82) is 0 Å². The number of H-pyrrole nitrogens is 1. The molecule has 0 unspecified atom stereocenters. The monoisotopic (exact) mass is 159 g/mol. The van der Waals surface area contributed by atoms with Gasteiger partial charge < -0.3 is 5.21 Å². The maximum Gasteiger partial charge on any atom is 0.325 e. The molecule has 2 aromatic rings. The number of aryl methyl sites for hydroxylation is 1. The first-order valence-corrected chi connectivity index (χ1v) is 3.67. The molecule has 0 aliphatic carbocycles. The molecule has 12 heavy (non-hydrogen) atoms. The lowest BCUT2D eigenvalue weighted by atomic mass is 9.94. The Morgan fingerprint density at radius 3 is 3.00 bits per heavy atom. The third-order valence-electron chi connectivity index (χ3n) is 1.87. The Balaban J connectivity index is 2.93. The Bertz CT molecular complexity index is 397. The van der Waals surface area contributed by atoms with Crippen LogP contribution in [0.3, 0.4) is 0 Å². The third-order valence-corrected chi connectivity index (χ3v) is 1.87. The zero-order valence-corrected chi connectivity index (χ0v) is 6.70. The fourth-order valence-electron chi connectivity index (χ4n) is 1.29. The van der Waals surface area contributed by atoms with Gasteiger partial charge >= 0.3 is 5.65 Å². The van der Waals surface area contributed by atoms with E-state index in [0.29, 0.717) is 11.1 Å². The lowest BCUT2D eigenvalue weighted by molar-refractivity contribution is -0.885. The Hall–Kier alpha value is -1.45. The van der Waals surface area contributed by atoms with Crippen molar-refractivity contribution in [3.05, 3.63) is 24.0 Å². The molecule has 0 saturated heterocycles. The highest BCUT2D eigenvalue weighted by Gasteiger charge is 2.10. The van der Waals surface area contributed by atoms with E-state index in [9.17, 15) is 5.21 Å². The van der Waals surface area contributed by atoms with Gasteiger partial charge in [-0.25, -0.2) is 4.98 Å². The van der Waals surface area contributed by atoms with Gasteiger partial charge in [0.2, 0.25) is 0 Å². The van der Waals surface area contributed by atoms with E-state index in [-0.39, 0.29) is 0 Å². The highest BCUT2D eigenvalue weighted by atomic mass is 16.5. The summed E-state index contributed by atoms with van der Waals surface area (Å²) in [5, 5.41) is 10.2. The summed E-state index contributed by atoms with van der Waals surface area (Å²) in [6.45, 7) is 1.92. The minimum absolute atomic E-state index is 0.632. The Kier molecular flexibility index (Phi) is 1.36. The van der Waals surface area contributed by atoms with Gasteiger partial charge in [0, 0.05) is 0 Å². The summed E-state index contributed by atoms with van der Waals surface area (Å²) in [5.74, 6) is 0. The quantitative estimate of drug-likeness (QED) is 0.311. The van der Waals surface area contributed by atoms with E-state index < -0.39 is 0 Å². The molecule has 0 saturated carbocycles. The van der Waals surface area contributed by atoms with Crippen molar-refractivity contribution >= 4 is 24.3 Å². The van der Waals surface area contributed by atoms with Crippen molar-refractivity contribution in [2.45, 2.75) is 6.92 Å². The molecule has 0 fully saturated rings. The fourth-order valence-corrected chi connectivity index (χ4v) is 1.29. The molecule has 2 N–H and O–H groups in total. The summed E-state index contributed by atoms with van der Waals surface area (Å²) in [4.78, 5) is 3.00. The van der Waals surface area contributed by atoms with E-state index in [4.69, 9.17) is 7.85 Å². The van der Waals surface area contributed by atoms with Crippen LogP contribution in [0.25, 0.3) is 11.0 Å². The average molecular weight is 159 g/mol. The standard InChI is InChI=1S/C8H7BN2O/c1-5-4-6-7(9)2-3-11(12)8(6)10-5/h2-4,12H,1H3/p+1. The SMILES string of the molecule is [B]c1cc[n+](O)c2[nH]c(C)cc12. The van der Waals surface area contributed by atoms with Crippen LogP contribution >= 0.6 is 0 Å². The van der Waals surface area contributed by atoms with Crippen molar-refractivity contribution in [2.24, 2.45) is 0 Å². The second kappa shape index (κ2) is 2.27. The number of hydrogen-bond donors (Lipinski definition) is 2. The lowest BCUT2D eigenvalue weighted by Gasteiger charge is -1.92. The molecule has 2 rings (SSSR count). The number of nitrogens with one attached hydrogen (secondary N) is 1. The molecule has 0 amide bonds. The Morgan fingerprint density at radius 2 is 2.33 bits per heavy atom. The first-order valence-electron chi connectivity index (χ1n) is 3.67. The maximum absolute atomic E-state index is 9.34. The van der Waals surface area contributed by atoms with E-state index in [0.717, 1.165) is 15.8 Å². The second-order valence-electron chi connectivity index (χ2n) is 2.83. The lowest BCUT2D eigenvalue weighted by Crippen LogP contribution is -2.32. The van der Waals surface area contributed by atoms with Gasteiger partial charge in [-0.2, -0.15) is 0 Å². The van der Waals surface area contributed by atoms with Crippen molar-refractivity contribution in [2.75, 3.05) is 0 Å². The van der Waals surface area contributed by atoms with Gasteiger partial charge in [0.1, 0.15) is 14.0 Å². The van der Waals surface area contributed by atoms with Gasteiger partial charge in [-0.1, -0.05) is 10.2 Å². The molecular weight excluding hydrogens is 151 g/mol. The molecule has 2 heterocycles. The number of aromatic amines is 1. The van der Waals surface area contributed by atoms with Gasteiger partial charge in [-0.15, -0.1) is 0 Å². The second-order valence-corrected chi connectivity index (χ2v) is 2.83. The van der Waals surface area contributed by atoms with Crippen LogP contribution in [0.5, 0.6) is 0 Å². The maximum atomic E-state index is 9.34. The molecule has 2 radical (unpaired) electrons. The van der Waals surface area contributed by atoms with E-state index >= 15 is 0 Å². The predicted molar refractivity (Wildman–Crippen MR) is 45.8 cm³/mol. The van der Waals surface area contributed by atoms with E-state index in [1.165, 1.54) is 6.20 Å². The van der Waals surface area contributed by atoms with Gasteiger partial charge in [0.05, 0.1) is 11.1 Å². The van der Waals surface area contributed by atoms with Crippen LogP contribution in [-0.2, 0) is 0 Å². The van der Waals surface area contributed by atoms with Crippen molar-refractivity contribution < 1.29 is 9.94 Å². The van der Waals surface area contributed by atoms with E-state index in [1.807, 2.05) is 13.0 Å². The predicted octanol–water partition coefficient (Wildman–Crippen LogP) is -0.205. The summed E-state index contributed by atoms with van der Waals surface area (Å²) < 4.78 is 1.03. The van der Waals surface area contributed by atoms with Crippen LogP contribution < -0.4 is 10.2 Å². The number of nitrogens with zero attached hydrogens (tertiary/aromatic N) is 1. The summed E-state index contributed by atoms with van der Waals surface area (Å²) >= 11 is 0. The van der Waals surface area contributed by atoms with Crippen LogP contribution in [0.2, 0.25) is 0 Å². The molecular formula is C8H8BN2O+.